The van der Waals surface area contributed by atoms with E-state index in [4.69, 9.17) is 5.73 Å². The predicted molar refractivity (Wildman–Crippen MR) is 54.3 cm³/mol. The van der Waals surface area contributed by atoms with Crippen molar-refractivity contribution < 1.29 is 0 Å². The zero-order valence-electron chi connectivity index (χ0n) is 8.01. The Labute approximate surface area is 82.4 Å². The maximum atomic E-state index is 5.49. The SMILES string of the molecule is Cn1cc(-c2ccc(CN)cn2)cn1. The first-order chi connectivity index (χ1) is 6.79. The Morgan fingerprint density at radius 2 is 2.21 bits per heavy atom. The molecular formula is C10H12N4. The van der Waals surface area contributed by atoms with Gasteiger partial charge in [0.25, 0.3) is 0 Å². The summed E-state index contributed by atoms with van der Waals surface area (Å²) in [4.78, 5) is 4.30. The second-order valence-electron chi connectivity index (χ2n) is 3.16. The van der Waals surface area contributed by atoms with Gasteiger partial charge in [-0.25, -0.2) is 0 Å². The molecule has 4 heteroatoms. The molecule has 0 saturated carbocycles. The molecule has 0 fully saturated rings. The summed E-state index contributed by atoms with van der Waals surface area (Å²) in [6, 6.07) is 3.94. The molecule has 0 aliphatic carbocycles. The Bertz CT molecular complexity index is 416. The van der Waals surface area contributed by atoms with E-state index in [-0.39, 0.29) is 0 Å². The average molecular weight is 188 g/mol. The summed E-state index contributed by atoms with van der Waals surface area (Å²) in [5.41, 5.74) is 8.48. The largest absolute Gasteiger partial charge is 0.326 e. The van der Waals surface area contributed by atoms with Gasteiger partial charge in [-0.3, -0.25) is 9.67 Å². The first-order valence-corrected chi connectivity index (χ1v) is 4.43. The van der Waals surface area contributed by atoms with E-state index in [1.165, 1.54) is 0 Å². The van der Waals surface area contributed by atoms with Crippen molar-refractivity contribution in [3.63, 3.8) is 0 Å². The average Bonchev–Trinajstić information content (AvgIpc) is 2.65. The molecule has 0 atom stereocenters. The fourth-order valence-electron chi connectivity index (χ4n) is 1.27. The van der Waals surface area contributed by atoms with Crippen molar-refractivity contribution in [3.05, 3.63) is 36.3 Å². The molecule has 2 aromatic rings. The second-order valence-corrected chi connectivity index (χ2v) is 3.16. The quantitative estimate of drug-likeness (QED) is 0.763. The van der Waals surface area contributed by atoms with E-state index in [0.29, 0.717) is 6.54 Å². The zero-order chi connectivity index (χ0) is 9.97. The number of rotatable bonds is 2. The summed E-state index contributed by atoms with van der Waals surface area (Å²) in [5, 5.41) is 4.09. The smallest absolute Gasteiger partial charge is 0.0733 e. The third-order valence-electron chi connectivity index (χ3n) is 2.06. The molecule has 14 heavy (non-hydrogen) atoms. The van der Waals surface area contributed by atoms with Gasteiger partial charge in [-0.2, -0.15) is 5.10 Å². The van der Waals surface area contributed by atoms with Crippen molar-refractivity contribution in [3.8, 4) is 11.3 Å². The molecule has 0 bridgehead atoms. The van der Waals surface area contributed by atoms with Crippen LogP contribution >= 0.6 is 0 Å². The predicted octanol–water partition coefficient (Wildman–Crippen LogP) is 0.941. The summed E-state index contributed by atoms with van der Waals surface area (Å²) >= 11 is 0. The van der Waals surface area contributed by atoms with Gasteiger partial charge in [0, 0.05) is 31.5 Å². The van der Waals surface area contributed by atoms with Crippen molar-refractivity contribution in [2.45, 2.75) is 6.54 Å². The minimum Gasteiger partial charge on any atom is -0.326 e. The van der Waals surface area contributed by atoms with E-state index < -0.39 is 0 Å². The summed E-state index contributed by atoms with van der Waals surface area (Å²) in [7, 11) is 1.89. The lowest BCUT2D eigenvalue weighted by Crippen LogP contribution is -1.96. The Balaban J connectivity index is 2.33. The van der Waals surface area contributed by atoms with Crippen LogP contribution in [0.1, 0.15) is 5.56 Å². The van der Waals surface area contributed by atoms with E-state index in [0.717, 1.165) is 16.8 Å². The molecule has 2 N–H and O–H groups in total. The lowest BCUT2D eigenvalue weighted by molar-refractivity contribution is 0.768. The van der Waals surface area contributed by atoms with Crippen molar-refractivity contribution in [2.24, 2.45) is 12.8 Å². The lowest BCUT2D eigenvalue weighted by Gasteiger charge is -1.98. The topological polar surface area (TPSA) is 56.7 Å². The zero-order valence-corrected chi connectivity index (χ0v) is 8.01. The summed E-state index contributed by atoms with van der Waals surface area (Å²) in [6.45, 7) is 0.528. The molecule has 4 nitrogen and oxygen atoms in total. The maximum absolute atomic E-state index is 5.49. The second kappa shape index (κ2) is 3.59. The molecule has 0 radical (unpaired) electrons. The van der Waals surface area contributed by atoms with Gasteiger partial charge in [-0.05, 0) is 11.6 Å². The molecule has 0 aromatic carbocycles. The van der Waals surface area contributed by atoms with Crippen molar-refractivity contribution in [2.75, 3.05) is 0 Å². The molecule has 72 valence electrons. The standard InChI is InChI=1S/C10H12N4/c1-14-7-9(6-13-14)10-3-2-8(4-11)5-12-10/h2-3,5-7H,4,11H2,1H3. The lowest BCUT2D eigenvalue weighted by atomic mass is 10.2. The van der Waals surface area contributed by atoms with Gasteiger partial charge in [-0.1, -0.05) is 6.07 Å². The summed E-state index contributed by atoms with van der Waals surface area (Å²) < 4.78 is 1.76. The van der Waals surface area contributed by atoms with E-state index in [9.17, 15) is 0 Å². The number of aryl methyl sites for hydroxylation is 1. The fraction of sp³-hybridized carbons (Fsp3) is 0.200. The van der Waals surface area contributed by atoms with Crippen molar-refractivity contribution >= 4 is 0 Å². The number of nitrogens with two attached hydrogens (primary N) is 1. The van der Waals surface area contributed by atoms with Crippen LogP contribution in [0, 0.1) is 0 Å². The van der Waals surface area contributed by atoms with Crippen LogP contribution in [0.2, 0.25) is 0 Å². The Hall–Kier alpha value is -1.68. The third kappa shape index (κ3) is 1.65. The Morgan fingerprint density at radius 1 is 1.36 bits per heavy atom. The van der Waals surface area contributed by atoms with Crippen LogP contribution in [0.5, 0.6) is 0 Å². The molecular weight excluding hydrogens is 176 g/mol. The molecule has 2 heterocycles. The van der Waals surface area contributed by atoms with Gasteiger partial charge in [-0.15, -0.1) is 0 Å². The van der Waals surface area contributed by atoms with Crippen LogP contribution in [0.4, 0.5) is 0 Å². The van der Waals surface area contributed by atoms with Crippen LogP contribution in [0.3, 0.4) is 0 Å². The number of pyridine rings is 1. The highest BCUT2D eigenvalue weighted by Crippen LogP contribution is 2.15. The van der Waals surface area contributed by atoms with Gasteiger partial charge in [0.05, 0.1) is 11.9 Å². The van der Waals surface area contributed by atoms with Gasteiger partial charge in [0.15, 0.2) is 0 Å². The Morgan fingerprint density at radius 3 is 2.71 bits per heavy atom. The van der Waals surface area contributed by atoms with E-state index in [2.05, 4.69) is 10.1 Å². The number of nitrogens with zero attached hydrogens (tertiary/aromatic N) is 3. The monoisotopic (exact) mass is 188 g/mol. The molecule has 2 rings (SSSR count). The van der Waals surface area contributed by atoms with Crippen molar-refractivity contribution in [1.82, 2.24) is 14.8 Å². The van der Waals surface area contributed by atoms with E-state index in [1.807, 2.05) is 25.4 Å². The molecule has 0 aliphatic heterocycles. The minimum atomic E-state index is 0.528. The highest BCUT2D eigenvalue weighted by atomic mass is 15.2. The van der Waals surface area contributed by atoms with Gasteiger partial charge < -0.3 is 5.73 Å². The molecule has 2 aromatic heterocycles. The van der Waals surface area contributed by atoms with Crippen LogP contribution in [-0.4, -0.2) is 14.8 Å². The van der Waals surface area contributed by atoms with Gasteiger partial charge in [0.2, 0.25) is 0 Å². The first-order valence-electron chi connectivity index (χ1n) is 4.43. The first kappa shape index (κ1) is 8.90. The summed E-state index contributed by atoms with van der Waals surface area (Å²) in [6.07, 6.45) is 5.53. The molecule has 0 saturated heterocycles. The fourth-order valence-corrected chi connectivity index (χ4v) is 1.27. The molecule has 0 aliphatic rings. The normalized spacial score (nSPS) is 10.4. The number of aromatic nitrogens is 3. The van der Waals surface area contributed by atoms with Gasteiger partial charge >= 0.3 is 0 Å². The molecule has 0 amide bonds. The van der Waals surface area contributed by atoms with Crippen LogP contribution < -0.4 is 5.73 Å². The highest BCUT2D eigenvalue weighted by molar-refractivity contribution is 5.56. The van der Waals surface area contributed by atoms with E-state index in [1.54, 1.807) is 17.1 Å². The summed E-state index contributed by atoms with van der Waals surface area (Å²) in [5.74, 6) is 0. The van der Waals surface area contributed by atoms with Crippen molar-refractivity contribution in [1.29, 1.82) is 0 Å². The Kier molecular flexibility index (Phi) is 2.28. The highest BCUT2D eigenvalue weighted by Gasteiger charge is 2.00. The van der Waals surface area contributed by atoms with E-state index >= 15 is 0 Å². The molecule has 0 spiro atoms. The minimum absolute atomic E-state index is 0.528. The maximum Gasteiger partial charge on any atom is 0.0733 e. The van der Waals surface area contributed by atoms with Crippen LogP contribution in [0.25, 0.3) is 11.3 Å². The van der Waals surface area contributed by atoms with Crippen LogP contribution in [0.15, 0.2) is 30.7 Å². The van der Waals surface area contributed by atoms with Crippen LogP contribution in [-0.2, 0) is 13.6 Å². The molecule has 0 unspecified atom stereocenters. The third-order valence-corrected chi connectivity index (χ3v) is 2.06. The van der Waals surface area contributed by atoms with Gasteiger partial charge in [0.1, 0.15) is 0 Å². The number of hydrogen-bond donors (Lipinski definition) is 1. The number of hydrogen-bond acceptors (Lipinski definition) is 3.